The van der Waals surface area contributed by atoms with Gasteiger partial charge >= 0.3 is 0 Å². The minimum Gasteiger partial charge on any atom is -0.355 e. The zero-order valence-electron chi connectivity index (χ0n) is 13.1. The summed E-state index contributed by atoms with van der Waals surface area (Å²) in [6, 6.07) is 3.54. The SMILES string of the molecule is CN1CCCN(c2ccc(C(=O)NCCO[N+](=O)[O-])cn2)CC1. The molecule has 1 N–H and O–H groups in total. The molecule has 1 saturated heterocycles. The Morgan fingerprint density at radius 2 is 2.22 bits per heavy atom. The molecule has 0 aliphatic carbocycles. The van der Waals surface area contributed by atoms with Crippen LogP contribution in [0.25, 0.3) is 0 Å². The number of rotatable bonds is 6. The van der Waals surface area contributed by atoms with Crippen LogP contribution in [0.15, 0.2) is 18.3 Å². The summed E-state index contributed by atoms with van der Waals surface area (Å²) in [6.45, 7) is 3.81. The molecule has 1 aliphatic rings. The normalized spacial score (nSPS) is 15.8. The lowest BCUT2D eigenvalue weighted by Crippen LogP contribution is -2.30. The van der Waals surface area contributed by atoms with E-state index in [1.165, 1.54) is 6.20 Å². The van der Waals surface area contributed by atoms with Gasteiger partial charge in [-0.1, -0.05) is 0 Å². The molecule has 0 radical (unpaired) electrons. The number of anilines is 1. The van der Waals surface area contributed by atoms with Crippen LogP contribution in [-0.4, -0.2) is 67.3 Å². The quantitative estimate of drug-likeness (QED) is 0.452. The minimum absolute atomic E-state index is 0.0695. The monoisotopic (exact) mass is 323 g/mol. The fourth-order valence-electron chi connectivity index (χ4n) is 2.37. The van der Waals surface area contributed by atoms with Gasteiger partial charge in [0.2, 0.25) is 0 Å². The van der Waals surface area contributed by atoms with Crippen molar-refractivity contribution in [2.24, 2.45) is 0 Å². The molecular formula is C14H21N5O4. The lowest BCUT2D eigenvalue weighted by Gasteiger charge is -2.21. The lowest BCUT2D eigenvalue weighted by atomic mass is 10.2. The van der Waals surface area contributed by atoms with Crippen LogP contribution in [0.3, 0.4) is 0 Å². The summed E-state index contributed by atoms with van der Waals surface area (Å²) in [4.78, 5) is 34.9. The number of aromatic nitrogens is 1. The van der Waals surface area contributed by atoms with Crippen LogP contribution in [0.5, 0.6) is 0 Å². The maximum Gasteiger partial charge on any atom is 0.294 e. The van der Waals surface area contributed by atoms with E-state index in [2.05, 4.69) is 32.0 Å². The Labute approximate surface area is 134 Å². The molecule has 2 heterocycles. The highest BCUT2D eigenvalue weighted by atomic mass is 16.9. The van der Waals surface area contributed by atoms with Crippen molar-refractivity contribution in [3.8, 4) is 0 Å². The maximum absolute atomic E-state index is 11.9. The Morgan fingerprint density at radius 1 is 1.39 bits per heavy atom. The average Bonchev–Trinajstić information content (AvgIpc) is 2.76. The highest BCUT2D eigenvalue weighted by Crippen LogP contribution is 2.13. The number of pyridine rings is 1. The Morgan fingerprint density at radius 3 is 2.91 bits per heavy atom. The first-order chi connectivity index (χ1) is 11.1. The smallest absolute Gasteiger partial charge is 0.294 e. The molecule has 23 heavy (non-hydrogen) atoms. The summed E-state index contributed by atoms with van der Waals surface area (Å²) in [7, 11) is 2.10. The highest BCUT2D eigenvalue weighted by Gasteiger charge is 2.14. The standard InChI is InChI=1S/C14H21N5O4/c1-17-6-2-7-18(9-8-17)13-4-3-12(11-16-13)14(20)15-5-10-23-19(21)22/h3-4,11H,2,5-10H2,1H3,(H,15,20). The molecule has 0 unspecified atom stereocenters. The minimum atomic E-state index is -0.888. The Hall–Kier alpha value is -2.42. The second kappa shape index (κ2) is 8.28. The average molecular weight is 323 g/mol. The van der Waals surface area contributed by atoms with Crippen molar-refractivity contribution >= 4 is 11.7 Å². The van der Waals surface area contributed by atoms with Crippen molar-refractivity contribution in [3.63, 3.8) is 0 Å². The fraction of sp³-hybridized carbons (Fsp3) is 0.571. The van der Waals surface area contributed by atoms with Gasteiger partial charge in [-0.3, -0.25) is 4.79 Å². The van der Waals surface area contributed by atoms with Crippen LogP contribution in [0.4, 0.5) is 5.82 Å². The van der Waals surface area contributed by atoms with E-state index in [4.69, 9.17) is 0 Å². The number of nitrogens with zero attached hydrogens (tertiary/aromatic N) is 4. The summed E-state index contributed by atoms with van der Waals surface area (Å²) in [5, 5.41) is 11.7. The number of carbonyl (C=O) groups is 1. The molecule has 9 nitrogen and oxygen atoms in total. The van der Waals surface area contributed by atoms with Crippen LogP contribution in [0, 0.1) is 10.1 Å². The Kier molecular flexibility index (Phi) is 6.10. The molecule has 126 valence electrons. The summed E-state index contributed by atoms with van der Waals surface area (Å²) >= 11 is 0. The summed E-state index contributed by atoms with van der Waals surface area (Å²) in [5.41, 5.74) is 0.418. The van der Waals surface area contributed by atoms with Crippen molar-refractivity contribution < 1.29 is 14.7 Å². The molecule has 0 atom stereocenters. The van der Waals surface area contributed by atoms with Gasteiger partial charge in [-0.2, -0.15) is 0 Å². The van der Waals surface area contributed by atoms with Gasteiger partial charge in [0.15, 0.2) is 0 Å². The molecule has 1 amide bonds. The number of hydrogen-bond donors (Lipinski definition) is 1. The van der Waals surface area contributed by atoms with E-state index < -0.39 is 5.09 Å². The molecule has 2 rings (SSSR count). The number of nitrogens with one attached hydrogen (secondary N) is 1. The predicted molar refractivity (Wildman–Crippen MR) is 83.8 cm³/mol. The van der Waals surface area contributed by atoms with E-state index >= 15 is 0 Å². The van der Waals surface area contributed by atoms with E-state index in [1.54, 1.807) is 6.07 Å². The largest absolute Gasteiger partial charge is 0.355 e. The molecule has 1 aromatic heterocycles. The molecule has 1 aliphatic heterocycles. The number of hydrogen-bond acceptors (Lipinski definition) is 7. The zero-order chi connectivity index (χ0) is 16.7. The number of carbonyl (C=O) groups excluding carboxylic acids is 1. The summed E-state index contributed by atoms with van der Waals surface area (Å²) in [6.07, 6.45) is 2.60. The predicted octanol–water partition coefficient (Wildman–Crippen LogP) is 0.162. The molecular weight excluding hydrogens is 302 g/mol. The first kappa shape index (κ1) is 16.9. The summed E-state index contributed by atoms with van der Waals surface area (Å²) in [5.74, 6) is 0.528. The molecule has 0 aromatic carbocycles. The van der Waals surface area contributed by atoms with Gasteiger partial charge in [0.1, 0.15) is 12.4 Å². The van der Waals surface area contributed by atoms with Gasteiger partial charge in [-0.05, 0) is 32.1 Å². The third-order valence-electron chi connectivity index (χ3n) is 3.64. The lowest BCUT2D eigenvalue weighted by molar-refractivity contribution is -0.757. The summed E-state index contributed by atoms with van der Waals surface area (Å²) < 4.78 is 0. The van der Waals surface area contributed by atoms with Crippen molar-refractivity contribution in [1.82, 2.24) is 15.2 Å². The molecule has 1 fully saturated rings. The maximum atomic E-state index is 11.9. The van der Waals surface area contributed by atoms with Gasteiger partial charge in [0.25, 0.3) is 11.0 Å². The van der Waals surface area contributed by atoms with Crippen LogP contribution < -0.4 is 10.2 Å². The van der Waals surface area contributed by atoms with Crippen molar-refractivity contribution in [2.75, 3.05) is 51.3 Å². The van der Waals surface area contributed by atoms with Gasteiger partial charge in [-0.15, -0.1) is 10.1 Å². The van der Waals surface area contributed by atoms with Gasteiger partial charge < -0.3 is 20.0 Å². The van der Waals surface area contributed by atoms with E-state index in [9.17, 15) is 14.9 Å². The third kappa shape index (κ3) is 5.37. The molecule has 1 aromatic rings. The highest BCUT2D eigenvalue weighted by molar-refractivity contribution is 5.94. The Balaban J connectivity index is 1.86. The first-order valence-electron chi connectivity index (χ1n) is 7.51. The van der Waals surface area contributed by atoms with E-state index in [0.717, 1.165) is 38.4 Å². The topological polar surface area (TPSA) is 101 Å². The Bertz CT molecular complexity index is 536. The van der Waals surface area contributed by atoms with Crippen molar-refractivity contribution in [1.29, 1.82) is 0 Å². The molecule has 0 bridgehead atoms. The molecule has 9 heteroatoms. The first-order valence-corrected chi connectivity index (χ1v) is 7.51. The van der Waals surface area contributed by atoms with Gasteiger partial charge in [-0.25, -0.2) is 4.98 Å². The van der Waals surface area contributed by atoms with Crippen LogP contribution in [-0.2, 0) is 4.84 Å². The third-order valence-corrected chi connectivity index (χ3v) is 3.64. The van der Waals surface area contributed by atoms with E-state index in [-0.39, 0.29) is 19.1 Å². The fourth-order valence-corrected chi connectivity index (χ4v) is 2.37. The van der Waals surface area contributed by atoms with Gasteiger partial charge in [0, 0.05) is 32.4 Å². The van der Waals surface area contributed by atoms with Crippen LogP contribution >= 0.6 is 0 Å². The second-order valence-corrected chi connectivity index (χ2v) is 5.36. The van der Waals surface area contributed by atoms with Gasteiger partial charge in [0.05, 0.1) is 5.56 Å². The second-order valence-electron chi connectivity index (χ2n) is 5.36. The van der Waals surface area contributed by atoms with E-state index in [1.807, 2.05) is 6.07 Å². The van der Waals surface area contributed by atoms with E-state index in [0.29, 0.717) is 5.56 Å². The number of amides is 1. The van der Waals surface area contributed by atoms with Crippen molar-refractivity contribution in [3.05, 3.63) is 34.0 Å². The molecule has 0 spiro atoms. The molecule has 0 saturated carbocycles. The number of likely N-dealkylation sites (N-methyl/N-ethyl adjacent to an activating group) is 1. The zero-order valence-corrected chi connectivity index (χ0v) is 13.1. The van der Waals surface area contributed by atoms with Crippen LogP contribution in [0.1, 0.15) is 16.8 Å². The van der Waals surface area contributed by atoms with Crippen LogP contribution in [0.2, 0.25) is 0 Å². The van der Waals surface area contributed by atoms with Crippen molar-refractivity contribution in [2.45, 2.75) is 6.42 Å².